The maximum Gasteiger partial charge on any atom is 0.416 e. The highest BCUT2D eigenvalue weighted by molar-refractivity contribution is 7.89. The Hall–Kier alpha value is -2.79. The average Bonchev–Trinajstić information content (AvgIpc) is 2.79. The first-order valence-corrected chi connectivity index (χ1v) is 12.3. The number of rotatable bonds is 7. The van der Waals surface area contributed by atoms with Crippen molar-refractivity contribution in [2.24, 2.45) is 0 Å². The number of benzene rings is 2. The van der Waals surface area contributed by atoms with Crippen molar-refractivity contribution in [3.63, 3.8) is 0 Å². The molecule has 0 unspecified atom stereocenters. The van der Waals surface area contributed by atoms with Gasteiger partial charge in [-0.15, -0.1) is 0 Å². The number of sulfonamides is 1. The summed E-state index contributed by atoms with van der Waals surface area (Å²) in [5.74, 6) is -0.701. The molecule has 1 aliphatic carbocycles. The van der Waals surface area contributed by atoms with E-state index in [4.69, 9.17) is 4.74 Å². The number of carbonyl (C=O) groups is 1. The van der Waals surface area contributed by atoms with Crippen molar-refractivity contribution < 1.29 is 31.1 Å². The molecular formula is C23H28F3N3O4S. The molecule has 2 aromatic rings. The highest BCUT2D eigenvalue weighted by Gasteiger charge is 2.32. The van der Waals surface area contributed by atoms with Crippen LogP contribution in [0.25, 0.3) is 0 Å². The van der Waals surface area contributed by atoms with Gasteiger partial charge in [-0.05, 0) is 49.2 Å². The summed E-state index contributed by atoms with van der Waals surface area (Å²) < 4.78 is 71.4. The van der Waals surface area contributed by atoms with E-state index in [1.807, 2.05) is 0 Å². The minimum atomic E-state index is -4.59. The van der Waals surface area contributed by atoms with Crippen LogP contribution >= 0.6 is 0 Å². The molecule has 2 N–H and O–H groups in total. The number of amides is 1. The van der Waals surface area contributed by atoms with Gasteiger partial charge in [0.25, 0.3) is 5.91 Å². The molecule has 186 valence electrons. The van der Waals surface area contributed by atoms with Gasteiger partial charge in [-0.1, -0.05) is 19.3 Å². The number of halogens is 3. The lowest BCUT2D eigenvalue weighted by atomic mass is 9.95. The molecule has 1 saturated carbocycles. The molecule has 0 aromatic heterocycles. The SMILES string of the molecule is COc1ccc(C(=O)Nc2cc(C(F)(F)F)ccc2NC2CCCCC2)cc1S(=O)(=O)N(C)C. The van der Waals surface area contributed by atoms with Crippen LogP contribution in [0.15, 0.2) is 41.3 Å². The molecule has 0 saturated heterocycles. The molecule has 7 nitrogen and oxygen atoms in total. The van der Waals surface area contributed by atoms with Crippen LogP contribution in [0, 0.1) is 0 Å². The van der Waals surface area contributed by atoms with Crippen LogP contribution in [0.2, 0.25) is 0 Å². The Kier molecular flexibility index (Phi) is 7.77. The second-order valence-corrected chi connectivity index (χ2v) is 10.5. The number of alkyl halides is 3. The van der Waals surface area contributed by atoms with E-state index in [0.717, 1.165) is 54.6 Å². The standard InChI is InChI=1S/C23H28F3N3O4S/c1-29(2)34(31,32)21-13-15(9-12-20(21)33-3)22(30)28-19-14-16(23(24,25)26)10-11-18(19)27-17-7-5-4-6-8-17/h9-14,17,27H,4-8H2,1-3H3,(H,28,30). The van der Waals surface area contributed by atoms with E-state index < -0.39 is 27.7 Å². The van der Waals surface area contributed by atoms with E-state index in [1.165, 1.54) is 39.4 Å². The Labute approximate surface area is 197 Å². The summed E-state index contributed by atoms with van der Waals surface area (Å²) in [6.07, 6.45) is 0.349. The second-order valence-electron chi connectivity index (χ2n) is 8.34. The van der Waals surface area contributed by atoms with Crippen molar-refractivity contribution in [3.8, 4) is 5.75 Å². The van der Waals surface area contributed by atoms with Gasteiger partial charge in [0, 0.05) is 25.7 Å². The van der Waals surface area contributed by atoms with Gasteiger partial charge in [0.15, 0.2) is 0 Å². The lowest BCUT2D eigenvalue weighted by Gasteiger charge is -2.25. The van der Waals surface area contributed by atoms with E-state index in [0.29, 0.717) is 5.69 Å². The summed E-state index contributed by atoms with van der Waals surface area (Å²) in [5, 5.41) is 5.77. The predicted octanol–water partition coefficient (Wildman–Crippen LogP) is 4.96. The van der Waals surface area contributed by atoms with Gasteiger partial charge in [-0.2, -0.15) is 13.2 Å². The molecular weight excluding hydrogens is 471 g/mol. The molecule has 1 aliphatic rings. The number of anilines is 2. The molecule has 0 spiro atoms. The third-order valence-corrected chi connectivity index (χ3v) is 7.58. The first kappa shape index (κ1) is 25.8. The molecule has 0 heterocycles. The van der Waals surface area contributed by atoms with Crippen LogP contribution in [-0.4, -0.2) is 45.9 Å². The van der Waals surface area contributed by atoms with E-state index in [2.05, 4.69) is 10.6 Å². The topological polar surface area (TPSA) is 87.7 Å². The summed E-state index contributed by atoms with van der Waals surface area (Å²) in [4.78, 5) is 12.8. The zero-order valence-electron chi connectivity index (χ0n) is 19.2. The Balaban J connectivity index is 1.96. The molecule has 1 fully saturated rings. The minimum absolute atomic E-state index is 0.0294. The fourth-order valence-electron chi connectivity index (χ4n) is 3.83. The zero-order chi connectivity index (χ0) is 25.1. The average molecular weight is 500 g/mol. The Morgan fingerprint density at radius 3 is 2.29 bits per heavy atom. The van der Waals surface area contributed by atoms with Crippen molar-refractivity contribution in [2.45, 2.75) is 49.2 Å². The van der Waals surface area contributed by atoms with E-state index in [-0.39, 0.29) is 27.9 Å². The van der Waals surface area contributed by atoms with Crippen molar-refractivity contribution in [1.29, 1.82) is 0 Å². The van der Waals surface area contributed by atoms with Gasteiger partial charge in [-0.3, -0.25) is 4.79 Å². The monoisotopic (exact) mass is 499 g/mol. The smallest absolute Gasteiger partial charge is 0.416 e. The minimum Gasteiger partial charge on any atom is -0.495 e. The number of hydrogen-bond donors (Lipinski definition) is 2. The summed E-state index contributed by atoms with van der Waals surface area (Å²) in [6.45, 7) is 0. The normalized spacial score (nSPS) is 15.3. The van der Waals surface area contributed by atoms with Gasteiger partial charge in [0.1, 0.15) is 10.6 Å². The highest BCUT2D eigenvalue weighted by atomic mass is 32.2. The highest BCUT2D eigenvalue weighted by Crippen LogP contribution is 2.36. The molecule has 2 aromatic carbocycles. The van der Waals surface area contributed by atoms with Crippen molar-refractivity contribution in [2.75, 3.05) is 31.8 Å². The Bertz CT molecular complexity index is 1140. The first-order valence-electron chi connectivity index (χ1n) is 10.8. The number of nitrogens with zero attached hydrogens (tertiary/aromatic N) is 1. The lowest BCUT2D eigenvalue weighted by molar-refractivity contribution is -0.137. The Morgan fingerprint density at radius 1 is 1.03 bits per heavy atom. The number of methoxy groups -OCH3 is 1. The van der Waals surface area contributed by atoms with Crippen molar-refractivity contribution in [3.05, 3.63) is 47.5 Å². The van der Waals surface area contributed by atoms with E-state index in [1.54, 1.807) is 0 Å². The summed E-state index contributed by atoms with van der Waals surface area (Å²) in [7, 11) is 0.0477. The molecule has 3 rings (SSSR count). The molecule has 0 atom stereocenters. The number of nitrogens with one attached hydrogen (secondary N) is 2. The van der Waals surface area contributed by atoms with Gasteiger partial charge < -0.3 is 15.4 Å². The summed E-state index contributed by atoms with van der Waals surface area (Å²) in [5.41, 5.74) is -0.592. The van der Waals surface area contributed by atoms with Crippen LogP contribution in [0.4, 0.5) is 24.5 Å². The van der Waals surface area contributed by atoms with Crippen LogP contribution in [-0.2, 0) is 16.2 Å². The van der Waals surface area contributed by atoms with Crippen LogP contribution in [0.1, 0.15) is 48.0 Å². The molecule has 34 heavy (non-hydrogen) atoms. The number of hydrogen-bond acceptors (Lipinski definition) is 5. The summed E-state index contributed by atoms with van der Waals surface area (Å²) in [6, 6.07) is 7.08. The summed E-state index contributed by atoms with van der Waals surface area (Å²) >= 11 is 0. The molecule has 1 amide bonds. The van der Waals surface area contributed by atoms with Gasteiger partial charge >= 0.3 is 6.18 Å². The number of carbonyl (C=O) groups excluding carboxylic acids is 1. The first-order chi connectivity index (χ1) is 15.9. The van der Waals surface area contributed by atoms with E-state index >= 15 is 0 Å². The third-order valence-electron chi connectivity index (χ3n) is 5.74. The van der Waals surface area contributed by atoms with Gasteiger partial charge in [-0.25, -0.2) is 12.7 Å². The van der Waals surface area contributed by atoms with E-state index in [9.17, 15) is 26.4 Å². The third kappa shape index (κ3) is 5.82. The van der Waals surface area contributed by atoms with Crippen LogP contribution < -0.4 is 15.4 Å². The molecule has 0 radical (unpaired) electrons. The largest absolute Gasteiger partial charge is 0.495 e. The molecule has 11 heteroatoms. The zero-order valence-corrected chi connectivity index (χ0v) is 20.0. The lowest BCUT2D eigenvalue weighted by Crippen LogP contribution is -2.24. The quantitative estimate of drug-likeness (QED) is 0.562. The molecule has 0 bridgehead atoms. The second kappa shape index (κ2) is 10.2. The van der Waals surface area contributed by atoms with Crippen LogP contribution in [0.3, 0.4) is 0 Å². The van der Waals surface area contributed by atoms with Crippen molar-refractivity contribution in [1.82, 2.24) is 4.31 Å². The maximum absolute atomic E-state index is 13.3. The van der Waals surface area contributed by atoms with Gasteiger partial charge in [0.2, 0.25) is 10.0 Å². The van der Waals surface area contributed by atoms with Crippen LogP contribution in [0.5, 0.6) is 5.75 Å². The Morgan fingerprint density at radius 2 is 1.71 bits per heavy atom. The fraction of sp³-hybridized carbons (Fsp3) is 0.435. The molecule has 0 aliphatic heterocycles. The van der Waals surface area contributed by atoms with Crippen molar-refractivity contribution >= 4 is 27.3 Å². The fourth-order valence-corrected chi connectivity index (χ4v) is 4.90. The number of ether oxygens (including phenoxy) is 1. The maximum atomic E-state index is 13.3. The predicted molar refractivity (Wildman–Crippen MR) is 124 cm³/mol. The van der Waals surface area contributed by atoms with Gasteiger partial charge in [0.05, 0.1) is 24.0 Å².